The molecule has 1 saturated carbocycles. The predicted molar refractivity (Wildman–Crippen MR) is 116 cm³/mol. The summed E-state index contributed by atoms with van der Waals surface area (Å²) in [5.41, 5.74) is 4.02. The summed E-state index contributed by atoms with van der Waals surface area (Å²) < 4.78 is 5.42. The molecule has 1 saturated heterocycles. The smallest absolute Gasteiger partial charge is 0.134 e. The first-order chi connectivity index (χ1) is 14.7. The fraction of sp³-hybridized carbons (Fsp3) is 0.458. The van der Waals surface area contributed by atoms with Crippen molar-refractivity contribution in [3.63, 3.8) is 0 Å². The quantitative estimate of drug-likeness (QED) is 0.697. The van der Waals surface area contributed by atoms with Crippen molar-refractivity contribution >= 4 is 10.9 Å². The minimum absolute atomic E-state index is 0.174. The third-order valence-corrected chi connectivity index (χ3v) is 6.80. The van der Waals surface area contributed by atoms with Gasteiger partial charge in [0.2, 0.25) is 0 Å². The van der Waals surface area contributed by atoms with Crippen molar-refractivity contribution in [2.24, 2.45) is 5.92 Å². The van der Waals surface area contributed by atoms with E-state index in [1.165, 1.54) is 31.9 Å². The van der Waals surface area contributed by atoms with Crippen molar-refractivity contribution in [3.8, 4) is 16.9 Å². The minimum Gasteiger partial charge on any atom is -0.506 e. The minimum atomic E-state index is 0.174. The number of pyridine rings is 1. The molecular weight excluding hydrogens is 376 g/mol. The molecule has 6 nitrogen and oxygen atoms in total. The highest BCUT2D eigenvalue weighted by Gasteiger charge is 2.34. The SMILES string of the molecule is COC1CN(C2CCC(Cc3ncnc4ccc(-c5cncc(O)c5)cc34)CC2)C1. The molecule has 1 aromatic carbocycles. The molecule has 5 rings (SSSR count). The van der Waals surface area contributed by atoms with Crippen LogP contribution in [0.2, 0.25) is 0 Å². The number of methoxy groups -OCH3 is 1. The fourth-order valence-electron chi connectivity index (χ4n) is 4.94. The maximum Gasteiger partial charge on any atom is 0.134 e. The summed E-state index contributed by atoms with van der Waals surface area (Å²) in [4.78, 5) is 15.8. The lowest BCUT2D eigenvalue weighted by atomic mass is 9.81. The van der Waals surface area contributed by atoms with Gasteiger partial charge in [0, 0.05) is 43.4 Å². The Bertz CT molecular complexity index is 1030. The zero-order valence-electron chi connectivity index (χ0n) is 17.4. The van der Waals surface area contributed by atoms with Crippen LogP contribution in [-0.4, -0.2) is 57.3 Å². The van der Waals surface area contributed by atoms with Gasteiger partial charge in [0.1, 0.15) is 12.1 Å². The highest BCUT2D eigenvalue weighted by atomic mass is 16.5. The number of hydrogen-bond donors (Lipinski definition) is 1. The van der Waals surface area contributed by atoms with Gasteiger partial charge >= 0.3 is 0 Å². The maximum atomic E-state index is 9.77. The molecule has 6 heteroatoms. The van der Waals surface area contributed by atoms with Crippen LogP contribution >= 0.6 is 0 Å². The predicted octanol–water partition coefficient (Wildman–Crippen LogP) is 3.83. The lowest BCUT2D eigenvalue weighted by Crippen LogP contribution is -2.56. The normalized spacial score (nSPS) is 22.8. The molecule has 156 valence electrons. The average Bonchev–Trinajstić information content (AvgIpc) is 2.74. The Kier molecular flexibility index (Phi) is 5.35. The van der Waals surface area contributed by atoms with Crippen molar-refractivity contribution in [1.82, 2.24) is 19.9 Å². The van der Waals surface area contributed by atoms with Gasteiger partial charge in [-0.3, -0.25) is 9.88 Å². The van der Waals surface area contributed by atoms with Crippen molar-refractivity contribution in [1.29, 1.82) is 0 Å². The third kappa shape index (κ3) is 3.89. The molecule has 2 aliphatic rings. The third-order valence-electron chi connectivity index (χ3n) is 6.80. The average molecular weight is 405 g/mol. The van der Waals surface area contributed by atoms with Gasteiger partial charge in [-0.05, 0) is 61.8 Å². The van der Waals surface area contributed by atoms with Gasteiger partial charge in [0.05, 0.1) is 23.5 Å². The van der Waals surface area contributed by atoms with E-state index in [4.69, 9.17) is 4.74 Å². The molecule has 1 aliphatic carbocycles. The largest absolute Gasteiger partial charge is 0.506 e. The molecule has 30 heavy (non-hydrogen) atoms. The molecule has 0 bridgehead atoms. The first kappa shape index (κ1) is 19.4. The molecule has 0 amide bonds. The standard InChI is InChI=1S/C24H28N4O2/c1-30-21-13-28(14-21)19-5-2-16(3-6-19)8-24-22-10-17(4-7-23(22)26-15-27-24)18-9-20(29)12-25-11-18/h4,7,9-12,15-16,19,21,29H,2-3,5-6,8,13-14H2,1H3. The molecular formula is C24H28N4O2. The maximum absolute atomic E-state index is 9.77. The molecule has 0 unspecified atom stereocenters. The highest BCUT2D eigenvalue weighted by Crippen LogP contribution is 2.34. The Labute approximate surface area is 176 Å². The molecule has 0 atom stereocenters. The number of ether oxygens (including phenoxy) is 1. The summed E-state index contributed by atoms with van der Waals surface area (Å²) >= 11 is 0. The second kappa shape index (κ2) is 8.28. The Balaban J connectivity index is 1.30. The van der Waals surface area contributed by atoms with Crippen molar-refractivity contribution in [2.45, 2.75) is 44.2 Å². The van der Waals surface area contributed by atoms with E-state index in [-0.39, 0.29) is 5.75 Å². The number of likely N-dealkylation sites (tertiary alicyclic amines) is 1. The Morgan fingerprint density at radius 1 is 1.03 bits per heavy atom. The van der Waals surface area contributed by atoms with E-state index >= 15 is 0 Å². The van der Waals surface area contributed by atoms with E-state index in [1.54, 1.807) is 18.6 Å². The summed E-state index contributed by atoms with van der Waals surface area (Å²) in [5, 5.41) is 10.9. The van der Waals surface area contributed by atoms with Crippen molar-refractivity contribution < 1.29 is 9.84 Å². The van der Waals surface area contributed by atoms with Gasteiger partial charge in [0.15, 0.2) is 0 Å². The zero-order chi connectivity index (χ0) is 20.5. The number of fused-ring (bicyclic) bond motifs is 1. The van der Waals surface area contributed by atoms with Crippen LogP contribution in [0.15, 0.2) is 43.0 Å². The second-order valence-electron chi connectivity index (χ2n) is 8.67. The lowest BCUT2D eigenvalue weighted by molar-refractivity contribution is -0.0595. The summed E-state index contributed by atoms with van der Waals surface area (Å²) in [6.07, 6.45) is 11.4. The van der Waals surface area contributed by atoms with Crippen LogP contribution < -0.4 is 0 Å². The fourth-order valence-corrected chi connectivity index (χ4v) is 4.94. The monoisotopic (exact) mass is 404 g/mol. The van der Waals surface area contributed by atoms with E-state index < -0.39 is 0 Å². The number of aromatic hydroxyl groups is 1. The van der Waals surface area contributed by atoms with Gasteiger partial charge in [-0.1, -0.05) is 6.07 Å². The topological polar surface area (TPSA) is 71.4 Å². The van der Waals surface area contributed by atoms with Gasteiger partial charge in [-0.25, -0.2) is 9.97 Å². The number of nitrogens with zero attached hydrogens (tertiary/aromatic N) is 4. The molecule has 1 aliphatic heterocycles. The first-order valence-corrected chi connectivity index (χ1v) is 10.8. The zero-order valence-corrected chi connectivity index (χ0v) is 17.4. The lowest BCUT2D eigenvalue weighted by Gasteiger charge is -2.46. The summed E-state index contributed by atoms with van der Waals surface area (Å²) in [7, 11) is 1.81. The summed E-state index contributed by atoms with van der Waals surface area (Å²) in [6.45, 7) is 2.18. The molecule has 0 spiro atoms. The molecule has 1 N–H and O–H groups in total. The molecule has 2 aromatic heterocycles. The van der Waals surface area contributed by atoms with Crippen LogP contribution in [0.5, 0.6) is 5.75 Å². The van der Waals surface area contributed by atoms with Crippen LogP contribution in [0, 0.1) is 5.92 Å². The Hall–Kier alpha value is -2.57. The first-order valence-electron chi connectivity index (χ1n) is 10.8. The Morgan fingerprint density at radius 2 is 1.87 bits per heavy atom. The molecule has 3 heterocycles. The van der Waals surface area contributed by atoms with Crippen molar-refractivity contribution in [3.05, 3.63) is 48.7 Å². The van der Waals surface area contributed by atoms with E-state index in [2.05, 4.69) is 25.9 Å². The Morgan fingerprint density at radius 3 is 2.63 bits per heavy atom. The van der Waals surface area contributed by atoms with Gasteiger partial charge in [-0.15, -0.1) is 0 Å². The number of aromatic nitrogens is 3. The number of hydrogen-bond acceptors (Lipinski definition) is 6. The molecule has 3 aromatic rings. The molecule has 0 radical (unpaired) electrons. The number of rotatable bonds is 5. The molecule has 2 fully saturated rings. The summed E-state index contributed by atoms with van der Waals surface area (Å²) in [5.74, 6) is 0.845. The second-order valence-corrected chi connectivity index (χ2v) is 8.67. The van der Waals surface area contributed by atoms with E-state index in [1.807, 2.05) is 19.2 Å². The van der Waals surface area contributed by atoms with Crippen LogP contribution in [-0.2, 0) is 11.2 Å². The summed E-state index contributed by atoms with van der Waals surface area (Å²) in [6, 6.07) is 8.66. The van der Waals surface area contributed by atoms with E-state index in [9.17, 15) is 5.11 Å². The van der Waals surface area contributed by atoms with E-state index in [0.29, 0.717) is 12.0 Å². The van der Waals surface area contributed by atoms with Crippen LogP contribution in [0.4, 0.5) is 0 Å². The van der Waals surface area contributed by atoms with Gasteiger partial charge in [0.25, 0.3) is 0 Å². The van der Waals surface area contributed by atoms with Gasteiger partial charge < -0.3 is 9.84 Å². The van der Waals surface area contributed by atoms with E-state index in [0.717, 1.165) is 53.3 Å². The van der Waals surface area contributed by atoms with Crippen LogP contribution in [0.3, 0.4) is 0 Å². The number of benzene rings is 1. The highest BCUT2D eigenvalue weighted by molar-refractivity contribution is 5.86. The van der Waals surface area contributed by atoms with Crippen LogP contribution in [0.1, 0.15) is 31.4 Å². The van der Waals surface area contributed by atoms with Crippen LogP contribution in [0.25, 0.3) is 22.0 Å². The van der Waals surface area contributed by atoms with Crippen molar-refractivity contribution in [2.75, 3.05) is 20.2 Å². The van der Waals surface area contributed by atoms with Gasteiger partial charge in [-0.2, -0.15) is 0 Å².